The molecule has 0 bridgehead atoms. The van der Waals surface area contributed by atoms with E-state index < -0.39 is 12.0 Å². The highest BCUT2D eigenvalue weighted by atomic mass is 19.4. The second kappa shape index (κ2) is 6.31. The lowest BCUT2D eigenvalue weighted by molar-refractivity contribution is -0.147. The van der Waals surface area contributed by atoms with Gasteiger partial charge in [0.25, 0.3) is 0 Å². The van der Waals surface area contributed by atoms with Crippen molar-refractivity contribution >= 4 is 16.7 Å². The van der Waals surface area contributed by atoms with Crippen LogP contribution in [-0.2, 0) is 17.5 Å². The van der Waals surface area contributed by atoms with Crippen molar-refractivity contribution in [3.8, 4) is 0 Å². The molecular formula is C13H16F3N3O2. The van der Waals surface area contributed by atoms with E-state index in [9.17, 15) is 13.2 Å². The minimum atomic E-state index is -4.53. The molecule has 0 spiro atoms. The van der Waals surface area contributed by atoms with Gasteiger partial charge in [-0.15, -0.1) is 0 Å². The molecule has 0 saturated carbocycles. The van der Waals surface area contributed by atoms with Crippen LogP contribution in [0.2, 0.25) is 0 Å². The molecule has 3 N–H and O–H groups in total. The summed E-state index contributed by atoms with van der Waals surface area (Å²) in [6.07, 6.45) is -4.14. The Hall–Kier alpha value is -1.80. The molecule has 1 aromatic carbocycles. The van der Waals surface area contributed by atoms with Crippen molar-refractivity contribution in [1.29, 1.82) is 0 Å². The zero-order chi connectivity index (χ0) is 15.5. The zero-order valence-corrected chi connectivity index (χ0v) is 11.2. The average molecular weight is 303 g/mol. The maximum absolute atomic E-state index is 13.0. The van der Waals surface area contributed by atoms with Crippen molar-refractivity contribution in [1.82, 2.24) is 9.55 Å². The first kappa shape index (κ1) is 15.6. The molecule has 0 unspecified atom stereocenters. The van der Waals surface area contributed by atoms with Gasteiger partial charge in [0.05, 0.1) is 24.2 Å². The highest BCUT2D eigenvalue weighted by Gasteiger charge is 2.37. The second-order valence-corrected chi connectivity index (χ2v) is 4.52. The number of hydrogen-bond acceptors (Lipinski definition) is 4. The number of hydrogen-bond donors (Lipinski definition) is 2. The van der Waals surface area contributed by atoms with Crippen LogP contribution in [0.3, 0.4) is 0 Å². The largest absolute Gasteiger partial charge is 0.449 e. The quantitative estimate of drug-likeness (QED) is 0.632. The van der Waals surface area contributed by atoms with Crippen molar-refractivity contribution in [2.45, 2.75) is 19.1 Å². The van der Waals surface area contributed by atoms with Gasteiger partial charge in [0, 0.05) is 18.8 Å². The summed E-state index contributed by atoms with van der Waals surface area (Å²) in [4.78, 5) is 3.64. The second-order valence-electron chi connectivity index (χ2n) is 4.52. The lowest BCUT2D eigenvalue weighted by Gasteiger charge is -2.11. The third-order valence-electron chi connectivity index (χ3n) is 2.93. The third kappa shape index (κ3) is 3.64. The number of anilines is 1. The Morgan fingerprint density at radius 2 is 2.05 bits per heavy atom. The molecule has 0 aliphatic rings. The summed E-state index contributed by atoms with van der Waals surface area (Å²) in [6.45, 7) is 0.460. The highest BCUT2D eigenvalue weighted by molar-refractivity contribution is 5.79. The molecule has 0 saturated heterocycles. The zero-order valence-electron chi connectivity index (χ0n) is 11.2. The summed E-state index contributed by atoms with van der Waals surface area (Å²) in [5, 5.41) is 8.57. The topological polar surface area (TPSA) is 73.3 Å². The number of aryl methyl sites for hydroxylation is 1. The molecule has 1 heterocycles. The predicted octanol–water partition coefficient (Wildman–Crippen LogP) is 2.04. The Balaban J connectivity index is 2.26. The standard InChI is InChI=1S/C13H16F3N3O2/c14-13(15,16)12-18-10-8-9(17)2-3-11(10)19(12)4-1-6-21-7-5-20/h2-3,8,20H,1,4-7,17H2. The molecule has 21 heavy (non-hydrogen) atoms. The third-order valence-corrected chi connectivity index (χ3v) is 2.93. The Bertz CT molecular complexity index is 610. The van der Waals surface area contributed by atoms with Gasteiger partial charge in [-0.05, 0) is 24.6 Å². The van der Waals surface area contributed by atoms with Crippen LogP contribution in [0.5, 0.6) is 0 Å². The Labute approximate surface area is 119 Å². The maximum atomic E-state index is 13.0. The van der Waals surface area contributed by atoms with Crippen molar-refractivity contribution in [2.24, 2.45) is 0 Å². The molecule has 0 amide bonds. The van der Waals surface area contributed by atoms with E-state index in [-0.39, 0.29) is 31.9 Å². The molecule has 5 nitrogen and oxygen atoms in total. The number of ether oxygens (including phenoxy) is 1. The number of fused-ring (bicyclic) bond motifs is 1. The normalized spacial score (nSPS) is 12.2. The van der Waals surface area contributed by atoms with Gasteiger partial charge in [0.1, 0.15) is 0 Å². The molecule has 0 atom stereocenters. The Kier molecular flexibility index (Phi) is 4.69. The van der Waals surface area contributed by atoms with Gasteiger partial charge in [-0.3, -0.25) is 0 Å². The molecule has 0 radical (unpaired) electrons. The summed E-state index contributed by atoms with van der Waals surface area (Å²) in [6, 6.07) is 4.49. The maximum Gasteiger partial charge on any atom is 0.449 e. The van der Waals surface area contributed by atoms with Gasteiger partial charge in [-0.2, -0.15) is 13.2 Å². The molecular weight excluding hydrogens is 287 g/mol. The fourth-order valence-corrected chi connectivity index (χ4v) is 2.08. The number of alkyl halides is 3. The molecule has 0 aliphatic heterocycles. The van der Waals surface area contributed by atoms with Crippen molar-refractivity contribution < 1.29 is 23.0 Å². The minimum absolute atomic E-state index is 0.110. The molecule has 1 aromatic heterocycles. The number of rotatable bonds is 6. The van der Waals surface area contributed by atoms with Gasteiger partial charge in [0.2, 0.25) is 5.82 Å². The van der Waals surface area contributed by atoms with E-state index in [4.69, 9.17) is 15.6 Å². The van der Waals surface area contributed by atoms with Crippen molar-refractivity contribution in [3.05, 3.63) is 24.0 Å². The van der Waals surface area contributed by atoms with Crippen LogP contribution in [0.4, 0.5) is 18.9 Å². The van der Waals surface area contributed by atoms with Crippen molar-refractivity contribution in [3.63, 3.8) is 0 Å². The fourth-order valence-electron chi connectivity index (χ4n) is 2.08. The smallest absolute Gasteiger partial charge is 0.399 e. The van der Waals surface area contributed by atoms with Crippen LogP contribution >= 0.6 is 0 Å². The SMILES string of the molecule is Nc1ccc2c(c1)nc(C(F)(F)F)n2CCCOCCO. The lowest BCUT2D eigenvalue weighted by Crippen LogP contribution is -2.16. The summed E-state index contributed by atoms with van der Waals surface area (Å²) in [5.41, 5.74) is 6.55. The van der Waals surface area contributed by atoms with E-state index in [1.54, 1.807) is 6.07 Å². The van der Waals surface area contributed by atoms with Gasteiger partial charge < -0.3 is 20.1 Å². The fraction of sp³-hybridized carbons (Fsp3) is 0.462. The number of nitrogen functional groups attached to an aromatic ring is 1. The molecule has 0 aliphatic carbocycles. The van der Waals surface area contributed by atoms with E-state index in [0.717, 1.165) is 4.57 Å². The number of aromatic nitrogens is 2. The Morgan fingerprint density at radius 3 is 2.71 bits per heavy atom. The number of nitrogens with two attached hydrogens (primary N) is 1. The Morgan fingerprint density at radius 1 is 1.29 bits per heavy atom. The summed E-state index contributed by atoms with van der Waals surface area (Å²) >= 11 is 0. The molecule has 0 fully saturated rings. The monoisotopic (exact) mass is 303 g/mol. The summed E-state index contributed by atoms with van der Waals surface area (Å²) < 4.78 is 45.3. The van der Waals surface area contributed by atoms with Gasteiger partial charge >= 0.3 is 6.18 Å². The van der Waals surface area contributed by atoms with E-state index in [2.05, 4.69) is 4.98 Å². The van der Waals surface area contributed by atoms with E-state index in [1.165, 1.54) is 12.1 Å². The van der Waals surface area contributed by atoms with Crippen LogP contribution in [0.1, 0.15) is 12.2 Å². The van der Waals surface area contributed by atoms with Crippen LogP contribution in [0.15, 0.2) is 18.2 Å². The van der Waals surface area contributed by atoms with Crippen LogP contribution < -0.4 is 5.73 Å². The van der Waals surface area contributed by atoms with Gasteiger partial charge in [0.15, 0.2) is 0 Å². The molecule has 2 aromatic rings. The first-order valence-electron chi connectivity index (χ1n) is 6.45. The van der Waals surface area contributed by atoms with Crippen molar-refractivity contribution in [2.75, 3.05) is 25.6 Å². The molecule has 2 rings (SSSR count). The number of nitrogens with zero attached hydrogens (tertiary/aromatic N) is 2. The summed E-state index contributed by atoms with van der Waals surface area (Å²) in [5.74, 6) is -0.940. The summed E-state index contributed by atoms with van der Waals surface area (Å²) in [7, 11) is 0. The number of benzene rings is 1. The predicted molar refractivity (Wildman–Crippen MR) is 71.7 cm³/mol. The van der Waals surface area contributed by atoms with E-state index in [1.807, 2.05) is 0 Å². The van der Waals surface area contributed by atoms with E-state index in [0.29, 0.717) is 17.6 Å². The number of aliphatic hydroxyl groups is 1. The number of halogens is 3. The molecule has 8 heteroatoms. The van der Waals surface area contributed by atoms with Crippen LogP contribution in [0, 0.1) is 0 Å². The molecule has 116 valence electrons. The minimum Gasteiger partial charge on any atom is -0.399 e. The van der Waals surface area contributed by atoms with Crippen LogP contribution in [-0.4, -0.2) is 34.5 Å². The van der Waals surface area contributed by atoms with Crippen LogP contribution in [0.25, 0.3) is 11.0 Å². The number of imidazole rings is 1. The lowest BCUT2D eigenvalue weighted by atomic mass is 10.3. The highest BCUT2D eigenvalue weighted by Crippen LogP contribution is 2.32. The first-order valence-corrected chi connectivity index (χ1v) is 6.45. The van der Waals surface area contributed by atoms with Gasteiger partial charge in [-0.1, -0.05) is 0 Å². The number of aliphatic hydroxyl groups excluding tert-OH is 1. The first-order chi connectivity index (χ1) is 9.93. The van der Waals surface area contributed by atoms with Gasteiger partial charge in [-0.25, -0.2) is 4.98 Å². The van der Waals surface area contributed by atoms with E-state index >= 15 is 0 Å². The average Bonchev–Trinajstić information content (AvgIpc) is 2.76.